The van der Waals surface area contributed by atoms with Gasteiger partial charge in [0.1, 0.15) is 0 Å². The molecule has 1 fully saturated rings. The highest BCUT2D eigenvalue weighted by Crippen LogP contribution is 2.21. The fourth-order valence-electron chi connectivity index (χ4n) is 2.91. The lowest BCUT2D eigenvalue weighted by atomic mass is 9.98. The van der Waals surface area contributed by atoms with Crippen molar-refractivity contribution in [2.75, 3.05) is 19.6 Å². The van der Waals surface area contributed by atoms with Gasteiger partial charge in [0, 0.05) is 26.2 Å². The number of benzene rings is 1. The molecular weight excluding hydrogens is 254 g/mol. The summed E-state index contributed by atoms with van der Waals surface area (Å²) in [4.78, 5) is 27.4. The average Bonchev–Trinajstić information content (AvgIpc) is 2.91. The summed E-state index contributed by atoms with van der Waals surface area (Å²) in [6, 6.07) is 7.82. The summed E-state index contributed by atoms with van der Waals surface area (Å²) in [5.41, 5.74) is 2.64. The number of amides is 3. The standard InChI is InChI=1S/C15H19N3O2/c1-11(14(19)18-9-7-16-15(18)20)17-8-6-12-4-2-3-5-13(12)10-17/h2-5,11H,6-10H2,1H3,(H,16,20)/t11-/m0/s1. The maximum Gasteiger partial charge on any atom is 0.324 e. The Morgan fingerprint density at radius 1 is 1.25 bits per heavy atom. The largest absolute Gasteiger partial charge is 0.336 e. The van der Waals surface area contributed by atoms with Crippen LogP contribution in [0.15, 0.2) is 24.3 Å². The molecule has 1 atom stereocenters. The summed E-state index contributed by atoms with van der Waals surface area (Å²) in [7, 11) is 0. The Labute approximate surface area is 118 Å². The Morgan fingerprint density at radius 2 is 2.00 bits per heavy atom. The molecule has 2 heterocycles. The Kier molecular flexibility index (Phi) is 3.44. The highest BCUT2D eigenvalue weighted by atomic mass is 16.2. The molecule has 1 saturated heterocycles. The van der Waals surface area contributed by atoms with Crippen molar-refractivity contribution in [1.29, 1.82) is 0 Å². The summed E-state index contributed by atoms with van der Waals surface area (Å²) in [5.74, 6) is -0.0978. The predicted molar refractivity (Wildman–Crippen MR) is 75.1 cm³/mol. The molecule has 1 aromatic carbocycles. The Morgan fingerprint density at radius 3 is 2.70 bits per heavy atom. The summed E-state index contributed by atoms with van der Waals surface area (Å²) >= 11 is 0. The van der Waals surface area contributed by atoms with E-state index in [1.165, 1.54) is 16.0 Å². The van der Waals surface area contributed by atoms with Crippen molar-refractivity contribution < 1.29 is 9.59 Å². The number of hydrogen-bond acceptors (Lipinski definition) is 3. The summed E-state index contributed by atoms with van der Waals surface area (Å²) in [5, 5.41) is 2.67. The summed E-state index contributed by atoms with van der Waals surface area (Å²) < 4.78 is 0. The number of fused-ring (bicyclic) bond motifs is 1. The van der Waals surface area contributed by atoms with E-state index in [0.29, 0.717) is 13.1 Å². The SMILES string of the molecule is C[C@@H](C(=O)N1CCNC1=O)N1CCc2ccccc2C1. The van der Waals surface area contributed by atoms with Gasteiger partial charge in [-0.05, 0) is 24.5 Å². The molecule has 1 aromatic rings. The van der Waals surface area contributed by atoms with Gasteiger partial charge >= 0.3 is 6.03 Å². The second-order valence-corrected chi connectivity index (χ2v) is 5.39. The van der Waals surface area contributed by atoms with Crippen molar-refractivity contribution in [3.05, 3.63) is 35.4 Å². The maximum atomic E-state index is 12.4. The van der Waals surface area contributed by atoms with Gasteiger partial charge in [0.15, 0.2) is 0 Å². The van der Waals surface area contributed by atoms with Crippen LogP contribution in [0.5, 0.6) is 0 Å². The van der Waals surface area contributed by atoms with E-state index in [2.05, 4.69) is 28.4 Å². The second-order valence-electron chi connectivity index (χ2n) is 5.39. The van der Waals surface area contributed by atoms with Gasteiger partial charge in [0.05, 0.1) is 6.04 Å². The summed E-state index contributed by atoms with van der Waals surface area (Å²) in [6.45, 7) is 4.56. The predicted octanol–water partition coefficient (Wildman–Crippen LogP) is 0.985. The Hall–Kier alpha value is -1.88. The van der Waals surface area contributed by atoms with Crippen LogP contribution >= 0.6 is 0 Å². The van der Waals surface area contributed by atoms with E-state index in [9.17, 15) is 9.59 Å². The molecule has 0 aliphatic carbocycles. The minimum absolute atomic E-state index is 0.0978. The fourth-order valence-corrected chi connectivity index (χ4v) is 2.91. The zero-order valence-electron chi connectivity index (χ0n) is 11.6. The first-order valence-corrected chi connectivity index (χ1v) is 7.07. The zero-order chi connectivity index (χ0) is 14.1. The van der Waals surface area contributed by atoms with E-state index in [0.717, 1.165) is 19.5 Å². The minimum atomic E-state index is -0.265. The number of nitrogens with one attached hydrogen (secondary N) is 1. The van der Waals surface area contributed by atoms with Crippen LogP contribution in [0.4, 0.5) is 4.79 Å². The van der Waals surface area contributed by atoms with Crippen LogP contribution in [-0.2, 0) is 17.8 Å². The molecule has 2 aliphatic rings. The van der Waals surface area contributed by atoms with Crippen molar-refractivity contribution in [2.45, 2.75) is 25.9 Å². The topological polar surface area (TPSA) is 52.7 Å². The number of rotatable bonds is 2. The van der Waals surface area contributed by atoms with Crippen LogP contribution in [0.2, 0.25) is 0 Å². The molecule has 106 valence electrons. The lowest BCUT2D eigenvalue weighted by Crippen LogP contribution is -2.49. The van der Waals surface area contributed by atoms with Gasteiger partial charge in [-0.15, -0.1) is 0 Å². The molecule has 0 radical (unpaired) electrons. The van der Waals surface area contributed by atoms with Gasteiger partial charge in [-0.25, -0.2) is 4.79 Å². The van der Waals surface area contributed by atoms with Gasteiger partial charge < -0.3 is 5.32 Å². The van der Waals surface area contributed by atoms with Crippen LogP contribution in [0.25, 0.3) is 0 Å². The van der Waals surface area contributed by atoms with Gasteiger partial charge in [0.25, 0.3) is 0 Å². The van der Waals surface area contributed by atoms with E-state index < -0.39 is 0 Å². The molecule has 0 bridgehead atoms. The van der Waals surface area contributed by atoms with E-state index >= 15 is 0 Å². The van der Waals surface area contributed by atoms with E-state index in [1.807, 2.05) is 13.0 Å². The van der Waals surface area contributed by atoms with Gasteiger partial charge in [-0.3, -0.25) is 14.6 Å². The first-order valence-electron chi connectivity index (χ1n) is 7.07. The average molecular weight is 273 g/mol. The molecule has 0 spiro atoms. The van der Waals surface area contributed by atoms with Gasteiger partial charge in [-0.2, -0.15) is 0 Å². The van der Waals surface area contributed by atoms with Gasteiger partial charge in [-0.1, -0.05) is 24.3 Å². The minimum Gasteiger partial charge on any atom is -0.336 e. The van der Waals surface area contributed by atoms with E-state index in [-0.39, 0.29) is 18.0 Å². The highest BCUT2D eigenvalue weighted by Gasteiger charge is 2.33. The molecule has 3 amide bonds. The fraction of sp³-hybridized carbons (Fsp3) is 0.467. The number of imide groups is 1. The van der Waals surface area contributed by atoms with Gasteiger partial charge in [0.2, 0.25) is 5.91 Å². The van der Waals surface area contributed by atoms with Crippen LogP contribution < -0.4 is 5.32 Å². The van der Waals surface area contributed by atoms with E-state index in [1.54, 1.807) is 0 Å². The number of carbonyl (C=O) groups excluding carboxylic acids is 2. The van der Waals surface area contributed by atoms with Crippen LogP contribution in [0, 0.1) is 0 Å². The quantitative estimate of drug-likeness (QED) is 0.874. The normalized spacial score (nSPS) is 20.4. The van der Waals surface area contributed by atoms with Crippen LogP contribution in [-0.4, -0.2) is 47.4 Å². The van der Waals surface area contributed by atoms with Crippen LogP contribution in [0.3, 0.4) is 0 Å². The molecule has 0 aromatic heterocycles. The molecule has 0 unspecified atom stereocenters. The zero-order valence-corrected chi connectivity index (χ0v) is 11.6. The number of carbonyl (C=O) groups is 2. The number of urea groups is 1. The van der Waals surface area contributed by atoms with Crippen molar-refractivity contribution in [3.8, 4) is 0 Å². The Balaban J connectivity index is 1.71. The molecule has 3 rings (SSSR count). The first-order chi connectivity index (χ1) is 9.66. The number of hydrogen-bond donors (Lipinski definition) is 1. The molecular formula is C15H19N3O2. The lowest BCUT2D eigenvalue weighted by molar-refractivity contribution is -0.133. The monoisotopic (exact) mass is 273 g/mol. The maximum absolute atomic E-state index is 12.4. The molecule has 20 heavy (non-hydrogen) atoms. The second kappa shape index (κ2) is 5.25. The third kappa shape index (κ3) is 2.29. The van der Waals surface area contributed by atoms with Crippen LogP contribution in [0.1, 0.15) is 18.1 Å². The molecule has 0 saturated carbocycles. The highest BCUT2D eigenvalue weighted by molar-refractivity contribution is 5.98. The van der Waals surface area contributed by atoms with E-state index in [4.69, 9.17) is 0 Å². The number of nitrogens with zero attached hydrogens (tertiary/aromatic N) is 2. The molecule has 1 N–H and O–H groups in total. The van der Waals surface area contributed by atoms with Crippen molar-refractivity contribution in [3.63, 3.8) is 0 Å². The summed E-state index contributed by atoms with van der Waals surface area (Å²) in [6.07, 6.45) is 0.958. The molecule has 2 aliphatic heterocycles. The smallest absolute Gasteiger partial charge is 0.324 e. The van der Waals surface area contributed by atoms with Crippen molar-refractivity contribution in [2.24, 2.45) is 0 Å². The van der Waals surface area contributed by atoms with Crippen molar-refractivity contribution in [1.82, 2.24) is 15.1 Å². The van der Waals surface area contributed by atoms with Crippen molar-refractivity contribution >= 4 is 11.9 Å². The molecule has 5 heteroatoms. The molecule has 5 nitrogen and oxygen atoms in total. The third-order valence-corrected chi connectivity index (χ3v) is 4.19. The lowest BCUT2D eigenvalue weighted by Gasteiger charge is -2.34. The first kappa shape index (κ1) is 13.1. The third-order valence-electron chi connectivity index (χ3n) is 4.19. The Bertz CT molecular complexity index is 544.